The molecule has 0 fully saturated rings. The summed E-state index contributed by atoms with van der Waals surface area (Å²) < 4.78 is 0. The van der Waals surface area contributed by atoms with E-state index in [2.05, 4.69) is 11.9 Å². The number of rotatable bonds is 5. The van der Waals surface area contributed by atoms with Gasteiger partial charge >= 0.3 is 0 Å². The largest absolute Gasteiger partial charge is 0.389 e. The molecule has 1 heterocycles. The molecular weight excluding hydrogens is 180 g/mol. The van der Waals surface area contributed by atoms with E-state index < -0.39 is 0 Å². The summed E-state index contributed by atoms with van der Waals surface area (Å²) >= 11 is 1.60. The molecule has 2 N–H and O–H groups in total. The maximum absolute atomic E-state index is 5.81. The van der Waals surface area contributed by atoms with E-state index in [9.17, 15) is 0 Å². The number of unbranched alkanes of at least 4 members (excludes halogenated alkanes) is 3. The third-order valence-corrected chi connectivity index (χ3v) is 2.94. The number of nitrogens with two attached hydrogens (primary N) is 1. The monoisotopic (exact) mass is 198 g/mol. The van der Waals surface area contributed by atoms with Gasteiger partial charge in [-0.05, 0) is 19.8 Å². The lowest BCUT2D eigenvalue weighted by Crippen LogP contribution is -1.91. The average Bonchev–Trinajstić information content (AvgIpc) is 2.39. The van der Waals surface area contributed by atoms with E-state index in [1.165, 1.54) is 25.7 Å². The van der Waals surface area contributed by atoms with Crippen molar-refractivity contribution >= 4 is 16.3 Å². The van der Waals surface area contributed by atoms with E-state index in [1.54, 1.807) is 11.3 Å². The number of hydrogen-bond donors (Lipinski definition) is 1. The fourth-order valence-electron chi connectivity index (χ4n) is 1.38. The molecule has 0 aliphatic carbocycles. The van der Waals surface area contributed by atoms with Gasteiger partial charge in [-0.15, -0.1) is 11.3 Å². The zero-order chi connectivity index (χ0) is 9.68. The highest BCUT2D eigenvalue weighted by Gasteiger charge is 2.04. The topological polar surface area (TPSA) is 38.9 Å². The predicted octanol–water partition coefficient (Wildman–Crippen LogP) is 3.16. The van der Waals surface area contributed by atoms with Crippen LogP contribution in [0, 0.1) is 6.92 Å². The number of nitrogen functional groups attached to an aromatic ring is 1. The van der Waals surface area contributed by atoms with E-state index >= 15 is 0 Å². The molecular formula is C10H18N2S. The van der Waals surface area contributed by atoms with Gasteiger partial charge < -0.3 is 5.73 Å². The maximum Gasteiger partial charge on any atom is 0.109 e. The first kappa shape index (κ1) is 10.5. The van der Waals surface area contributed by atoms with Crippen molar-refractivity contribution in [3.05, 3.63) is 10.7 Å². The minimum atomic E-state index is 0.911. The number of nitrogens with zero attached hydrogens (tertiary/aromatic N) is 1. The second-order valence-corrected chi connectivity index (χ2v) is 4.59. The van der Waals surface area contributed by atoms with Crippen molar-refractivity contribution in [1.29, 1.82) is 0 Å². The summed E-state index contributed by atoms with van der Waals surface area (Å²) in [7, 11) is 0. The molecule has 0 saturated carbocycles. The summed E-state index contributed by atoms with van der Waals surface area (Å²) in [6, 6.07) is 0. The van der Waals surface area contributed by atoms with E-state index in [0.29, 0.717) is 0 Å². The number of aryl methyl sites for hydroxylation is 2. The molecule has 0 unspecified atom stereocenters. The fraction of sp³-hybridized carbons (Fsp3) is 0.700. The Kier molecular flexibility index (Phi) is 4.22. The Bertz CT molecular complexity index is 255. The van der Waals surface area contributed by atoms with E-state index in [1.807, 2.05) is 6.92 Å². The quantitative estimate of drug-likeness (QED) is 0.738. The highest BCUT2D eigenvalue weighted by molar-refractivity contribution is 7.15. The molecule has 13 heavy (non-hydrogen) atoms. The second-order valence-electron chi connectivity index (χ2n) is 3.35. The Morgan fingerprint density at radius 3 is 2.62 bits per heavy atom. The van der Waals surface area contributed by atoms with Crippen LogP contribution in [0.15, 0.2) is 0 Å². The van der Waals surface area contributed by atoms with Crippen LogP contribution in [0.3, 0.4) is 0 Å². The lowest BCUT2D eigenvalue weighted by Gasteiger charge is -1.97. The smallest absolute Gasteiger partial charge is 0.109 e. The van der Waals surface area contributed by atoms with Crippen LogP contribution in [0.2, 0.25) is 0 Å². The first-order valence-electron chi connectivity index (χ1n) is 4.95. The maximum atomic E-state index is 5.81. The molecule has 1 aromatic heterocycles. The summed E-state index contributed by atoms with van der Waals surface area (Å²) in [5.74, 6) is 0. The third-order valence-electron chi connectivity index (χ3n) is 2.10. The van der Waals surface area contributed by atoms with Crippen LogP contribution in [0.5, 0.6) is 0 Å². The average molecular weight is 198 g/mol. The first-order valence-corrected chi connectivity index (χ1v) is 5.77. The molecule has 0 atom stereocenters. The molecule has 0 aliphatic heterocycles. The van der Waals surface area contributed by atoms with E-state index in [-0.39, 0.29) is 0 Å². The van der Waals surface area contributed by atoms with Crippen LogP contribution >= 0.6 is 11.3 Å². The van der Waals surface area contributed by atoms with Gasteiger partial charge in [-0.3, -0.25) is 0 Å². The Morgan fingerprint density at radius 1 is 1.31 bits per heavy atom. The summed E-state index contributed by atoms with van der Waals surface area (Å²) in [6.45, 7) is 4.23. The molecule has 2 nitrogen and oxygen atoms in total. The van der Waals surface area contributed by atoms with Gasteiger partial charge in [0.05, 0.1) is 10.7 Å². The third kappa shape index (κ3) is 3.35. The normalized spacial score (nSPS) is 10.6. The zero-order valence-corrected chi connectivity index (χ0v) is 9.28. The summed E-state index contributed by atoms with van der Waals surface area (Å²) in [5.41, 5.74) is 6.92. The van der Waals surface area contributed by atoms with Crippen molar-refractivity contribution in [2.75, 3.05) is 5.73 Å². The summed E-state index contributed by atoms with van der Waals surface area (Å²) in [6.07, 6.45) is 6.18. The Balaban J connectivity index is 2.32. The van der Waals surface area contributed by atoms with Gasteiger partial charge in [0.1, 0.15) is 5.00 Å². The van der Waals surface area contributed by atoms with Gasteiger partial charge in [0.25, 0.3) is 0 Å². The molecule has 1 rings (SSSR count). The number of aromatic nitrogens is 1. The van der Waals surface area contributed by atoms with Gasteiger partial charge in [0.15, 0.2) is 0 Å². The number of hydrogen-bond acceptors (Lipinski definition) is 3. The van der Waals surface area contributed by atoms with Crippen LogP contribution < -0.4 is 5.73 Å². The lowest BCUT2D eigenvalue weighted by atomic mass is 10.1. The van der Waals surface area contributed by atoms with Crippen molar-refractivity contribution in [3.63, 3.8) is 0 Å². The molecule has 0 aromatic carbocycles. The molecule has 0 aliphatic rings. The van der Waals surface area contributed by atoms with Crippen molar-refractivity contribution < 1.29 is 0 Å². The SMILES string of the molecule is CCCCCCc1nc(C)sc1N. The Morgan fingerprint density at radius 2 is 2.08 bits per heavy atom. The number of anilines is 1. The lowest BCUT2D eigenvalue weighted by molar-refractivity contribution is 0.662. The molecule has 0 radical (unpaired) electrons. The van der Waals surface area contributed by atoms with Crippen LogP contribution in [0.25, 0.3) is 0 Å². The Hall–Kier alpha value is -0.570. The fourth-order valence-corrected chi connectivity index (χ4v) is 2.12. The van der Waals surface area contributed by atoms with Crippen LogP contribution in [0.4, 0.5) is 5.00 Å². The first-order chi connectivity index (χ1) is 6.24. The van der Waals surface area contributed by atoms with Crippen molar-refractivity contribution in [2.24, 2.45) is 0 Å². The van der Waals surface area contributed by atoms with Crippen LogP contribution in [-0.4, -0.2) is 4.98 Å². The second kappa shape index (κ2) is 5.22. The van der Waals surface area contributed by atoms with Crippen molar-refractivity contribution in [1.82, 2.24) is 4.98 Å². The molecule has 74 valence electrons. The highest BCUT2D eigenvalue weighted by Crippen LogP contribution is 2.21. The molecule has 0 amide bonds. The zero-order valence-electron chi connectivity index (χ0n) is 8.47. The standard InChI is InChI=1S/C10H18N2S/c1-3-4-5-6-7-9-10(11)13-8(2)12-9/h3-7,11H2,1-2H3. The number of thiazole rings is 1. The Labute approximate surface area is 84.2 Å². The minimum Gasteiger partial charge on any atom is -0.389 e. The van der Waals surface area contributed by atoms with E-state index in [0.717, 1.165) is 22.1 Å². The minimum absolute atomic E-state index is 0.911. The van der Waals surface area contributed by atoms with Crippen molar-refractivity contribution in [3.8, 4) is 0 Å². The van der Waals surface area contributed by atoms with Crippen LogP contribution in [0.1, 0.15) is 43.3 Å². The van der Waals surface area contributed by atoms with Gasteiger partial charge in [-0.25, -0.2) is 4.98 Å². The molecule has 0 saturated heterocycles. The van der Waals surface area contributed by atoms with Gasteiger partial charge in [0, 0.05) is 0 Å². The molecule has 0 spiro atoms. The van der Waals surface area contributed by atoms with E-state index in [4.69, 9.17) is 5.73 Å². The molecule has 1 aromatic rings. The molecule has 3 heteroatoms. The van der Waals surface area contributed by atoms with Gasteiger partial charge in [0.2, 0.25) is 0 Å². The highest BCUT2D eigenvalue weighted by atomic mass is 32.1. The van der Waals surface area contributed by atoms with Crippen LogP contribution in [-0.2, 0) is 6.42 Å². The summed E-state index contributed by atoms with van der Waals surface area (Å²) in [4.78, 5) is 4.40. The van der Waals surface area contributed by atoms with Crippen molar-refractivity contribution in [2.45, 2.75) is 46.0 Å². The molecule has 0 bridgehead atoms. The predicted molar refractivity (Wildman–Crippen MR) is 59.1 cm³/mol. The summed E-state index contributed by atoms with van der Waals surface area (Å²) in [5, 5.41) is 2.00. The van der Waals surface area contributed by atoms with Gasteiger partial charge in [-0.2, -0.15) is 0 Å². The van der Waals surface area contributed by atoms with Gasteiger partial charge in [-0.1, -0.05) is 26.2 Å².